The third-order valence-corrected chi connectivity index (χ3v) is 4.18. The summed E-state index contributed by atoms with van der Waals surface area (Å²) in [4.78, 5) is 1.17. The van der Waals surface area contributed by atoms with E-state index in [1.54, 1.807) is 23.9 Å². The Balaban J connectivity index is 2.21. The monoisotopic (exact) mass is 261 g/mol. The van der Waals surface area contributed by atoms with Gasteiger partial charge in [-0.1, -0.05) is 30.3 Å². The van der Waals surface area contributed by atoms with Crippen molar-refractivity contribution in [2.75, 3.05) is 0 Å². The molecule has 2 N–H and O–H groups in total. The molecule has 2 aromatic rings. The van der Waals surface area contributed by atoms with Crippen molar-refractivity contribution in [2.24, 2.45) is 5.73 Å². The van der Waals surface area contributed by atoms with E-state index in [4.69, 9.17) is 5.73 Å². The summed E-state index contributed by atoms with van der Waals surface area (Å²) in [5, 5.41) is 0.132. The smallest absolute Gasteiger partial charge is 0.123 e. The molecule has 0 aliphatic carbocycles. The van der Waals surface area contributed by atoms with Gasteiger partial charge < -0.3 is 5.73 Å². The first-order valence-corrected chi connectivity index (χ1v) is 6.77. The molecule has 0 bridgehead atoms. The lowest BCUT2D eigenvalue weighted by Gasteiger charge is -2.20. The highest BCUT2D eigenvalue weighted by Crippen LogP contribution is 2.36. The van der Waals surface area contributed by atoms with E-state index in [2.05, 4.69) is 12.1 Å². The van der Waals surface area contributed by atoms with Crippen molar-refractivity contribution in [2.45, 2.75) is 23.1 Å². The van der Waals surface area contributed by atoms with Crippen molar-refractivity contribution < 1.29 is 4.39 Å². The zero-order chi connectivity index (χ0) is 13.0. The van der Waals surface area contributed by atoms with E-state index in [1.807, 2.05) is 25.1 Å². The maximum Gasteiger partial charge on any atom is 0.123 e. The van der Waals surface area contributed by atoms with Gasteiger partial charge in [-0.25, -0.2) is 4.39 Å². The summed E-state index contributed by atoms with van der Waals surface area (Å²) in [6, 6.07) is 16.7. The molecule has 94 valence electrons. The fraction of sp³-hybridized carbons (Fsp3) is 0.200. The van der Waals surface area contributed by atoms with Gasteiger partial charge in [-0.3, -0.25) is 0 Å². The van der Waals surface area contributed by atoms with Crippen molar-refractivity contribution in [3.63, 3.8) is 0 Å². The highest BCUT2D eigenvalue weighted by Gasteiger charge is 2.17. The van der Waals surface area contributed by atoms with Crippen LogP contribution in [0.1, 0.15) is 17.7 Å². The molecule has 1 nitrogen and oxygen atoms in total. The zero-order valence-electron chi connectivity index (χ0n) is 10.2. The molecule has 0 spiro atoms. The summed E-state index contributed by atoms with van der Waals surface area (Å²) < 4.78 is 12.9. The molecule has 0 aromatic heterocycles. The number of halogens is 1. The molecule has 2 aromatic carbocycles. The first-order chi connectivity index (χ1) is 8.66. The van der Waals surface area contributed by atoms with E-state index in [0.717, 1.165) is 5.56 Å². The van der Waals surface area contributed by atoms with Crippen molar-refractivity contribution in [1.82, 2.24) is 0 Å². The van der Waals surface area contributed by atoms with E-state index in [1.165, 1.54) is 17.0 Å². The standard InChI is InChI=1S/C15H16FNS/c1-11(17)15(12-7-9-13(16)10-8-12)18-14-5-3-2-4-6-14/h2-11,15H,17H2,1H3. The van der Waals surface area contributed by atoms with Crippen molar-refractivity contribution in [3.8, 4) is 0 Å². The largest absolute Gasteiger partial charge is 0.327 e. The lowest BCUT2D eigenvalue weighted by molar-refractivity contribution is 0.625. The van der Waals surface area contributed by atoms with Gasteiger partial charge in [0.25, 0.3) is 0 Å². The van der Waals surface area contributed by atoms with Crippen LogP contribution in [0.15, 0.2) is 59.5 Å². The van der Waals surface area contributed by atoms with Crippen LogP contribution in [0, 0.1) is 5.82 Å². The Kier molecular flexibility index (Phi) is 4.39. The summed E-state index contributed by atoms with van der Waals surface area (Å²) in [6.45, 7) is 1.98. The van der Waals surface area contributed by atoms with Crippen LogP contribution in [0.3, 0.4) is 0 Å². The summed E-state index contributed by atoms with van der Waals surface area (Å²) in [5.74, 6) is -0.216. The SMILES string of the molecule is CC(N)C(Sc1ccccc1)c1ccc(F)cc1. The molecule has 0 aliphatic heterocycles. The maximum atomic E-state index is 12.9. The van der Waals surface area contributed by atoms with E-state index in [0.29, 0.717) is 0 Å². The van der Waals surface area contributed by atoms with Crippen LogP contribution in [0.5, 0.6) is 0 Å². The molecule has 0 fully saturated rings. The van der Waals surface area contributed by atoms with Crippen molar-refractivity contribution in [3.05, 3.63) is 66.0 Å². The van der Waals surface area contributed by atoms with Gasteiger partial charge in [-0.05, 0) is 36.8 Å². The van der Waals surface area contributed by atoms with Crippen LogP contribution < -0.4 is 5.73 Å². The lowest BCUT2D eigenvalue weighted by Crippen LogP contribution is -2.22. The molecule has 18 heavy (non-hydrogen) atoms. The number of nitrogens with two attached hydrogens (primary N) is 1. The predicted octanol–water partition coefficient (Wildman–Crippen LogP) is 4.01. The van der Waals surface area contributed by atoms with Gasteiger partial charge in [0.05, 0.1) is 0 Å². The van der Waals surface area contributed by atoms with Crippen LogP contribution in [0.2, 0.25) is 0 Å². The molecular weight excluding hydrogens is 245 g/mol. The first-order valence-electron chi connectivity index (χ1n) is 5.89. The minimum absolute atomic E-state index is 0.000618. The number of benzene rings is 2. The number of rotatable bonds is 4. The molecule has 0 heterocycles. The Hall–Kier alpha value is -1.32. The van der Waals surface area contributed by atoms with Crippen LogP contribution >= 0.6 is 11.8 Å². The fourth-order valence-corrected chi connectivity index (χ4v) is 2.89. The fourth-order valence-electron chi connectivity index (χ4n) is 1.78. The normalized spacial score (nSPS) is 14.2. The van der Waals surface area contributed by atoms with E-state index in [9.17, 15) is 4.39 Å². The van der Waals surface area contributed by atoms with Crippen molar-refractivity contribution >= 4 is 11.8 Å². The molecule has 0 amide bonds. The number of hydrogen-bond donors (Lipinski definition) is 1. The zero-order valence-corrected chi connectivity index (χ0v) is 11.0. The summed E-state index contributed by atoms with van der Waals surface area (Å²) in [6.07, 6.45) is 0. The topological polar surface area (TPSA) is 26.0 Å². The Morgan fingerprint density at radius 2 is 1.61 bits per heavy atom. The van der Waals surface area contributed by atoms with Gasteiger partial charge in [-0.2, -0.15) is 0 Å². The van der Waals surface area contributed by atoms with Crippen LogP contribution in [-0.2, 0) is 0 Å². The Morgan fingerprint density at radius 1 is 1.00 bits per heavy atom. The lowest BCUT2D eigenvalue weighted by atomic mass is 10.1. The molecular formula is C15H16FNS. The maximum absolute atomic E-state index is 12.9. The number of hydrogen-bond acceptors (Lipinski definition) is 2. The van der Waals surface area contributed by atoms with E-state index >= 15 is 0 Å². The summed E-state index contributed by atoms with van der Waals surface area (Å²) in [5.41, 5.74) is 7.10. The molecule has 3 heteroatoms. The van der Waals surface area contributed by atoms with Gasteiger partial charge in [0, 0.05) is 16.2 Å². The number of thioether (sulfide) groups is 1. The molecule has 0 aliphatic rings. The minimum Gasteiger partial charge on any atom is -0.327 e. The second-order valence-electron chi connectivity index (χ2n) is 4.26. The van der Waals surface area contributed by atoms with E-state index < -0.39 is 0 Å². The molecule has 0 saturated carbocycles. The Morgan fingerprint density at radius 3 is 2.17 bits per heavy atom. The third-order valence-electron chi connectivity index (χ3n) is 2.68. The Bertz CT molecular complexity index is 482. The second kappa shape index (κ2) is 6.03. The van der Waals surface area contributed by atoms with Gasteiger partial charge in [0.2, 0.25) is 0 Å². The van der Waals surface area contributed by atoms with Crippen LogP contribution in [-0.4, -0.2) is 6.04 Å². The molecule has 2 unspecified atom stereocenters. The Labute approximate surface area is 111 Å². The van der Waals surface area contributed by atoms with Crippen LogP contribution in [0.25, 0.3) is 0 Å². The van der Waals surface area contributed by atoms with Gasteiger partial charge >= 0.3 is 0 Å². The quantitative estimate of drug-likeness (QED) is 0.842. The second-order valence-corrected chi connectivity index (χ2v) is 5.48. The molecule has 0 radical (unpaired) electrons. The highest BCUT2D eigenvalue weighted by atomic mass is 32.2. The first kappa shape index (κ1) is 13.1. The van der Waals surface area contributed by atoms with E-state index in [-0.39, 0.29) is 17.1 Å². The predicted molar refractivity (Wildman–Crippen MR) is 75.1 cm³/mol. The van der Waals surface area contributed by atoms with Gasteiger partial charge in [0.1, 0.15) is 5.82 Å². The third kappa shape index (κ3) is 3.34. The molecule has 2 rings (SSSR count). The average molecular weight is 261 g/mol. The molecule has 2 atom stereocenters. The van der Waals surface area contributed by atoms with Gasteiger partial charge in [0.15, 0.2) is 0 Å². The van der Waals surface area contributed by atoms with Gasteiger partial charge in [-0.15, -0.1) is 11.8 Å². The average Bonchev–Trinajstić information content (AvgIpc) is 2.38. The summed E-state index contributed by atoms with van der Waals surface area (Å²) in [7, 11) is 0. The molecule has 0 saturated heterocycles. The minimum atomic E-state index is -0.216. The summed E-state index contributed by atoms with van der Waals surface area (Å²) >= 11 is 1.71. The van der Waals surface area contributed by atoms with Crippen LogP contribution in [0.4, 0.5) is 4.39 Å². The highest BCUT2D eigenvalue weighted by molar-refractivity contribution is 7.99. The van der Waals surface area contributed by atoms with Crippen molar-refractivity contribution in [1.29, 1.82) is 0 Å².